The maximum atomic E-state index is 14.1. The first-order valence-electron chi connectivity index (χ1n) is 6.16. The molecule has 1 atom stereocenters. The summed E-state index contributed by atoms with van der Waals surface area (Å²) in [6.45, 7) is 1.91. The van der Waals surface area contributed by atoms with Gasteiger partial charge in [0.05, 0.1) is 5.69 Å². The fraction of sp³-hybridized carbons (Fsp3) is 0.357. The Hall–Kier alpha value is -1.42. The van der Waals surface area contributed by atoms with Crippen molar-refractivity contribution in [1.82, 2.24) is 4.98 Å². The zero-order valence-corrected chi connectivity index (χ0v) is 11.1. The van der Waals surface area contributed by atoms with Gasteiger partial charge in [0.2, 0.25) is 0 Å². The molecule has 0 aliphatic heterocycles. The van der Waals surface area contributed by atoms with Crippen LogP contribution in [0.25, 0.3) is 0 Å². The van der Waals surface area contributed by atoms with E-state index in [4.69, 9.17) is 5.73 Å². The van der Waals surface area contributed by atoms with E-state index in [2.05, 4.69) is 4.98 Å². The predicted octanol–water partition coefficient (Wildman–Crippen LogP) is 3.64. The van der Waals surface area contributed by atoms with Crippen molar-refractivity contribution < 1.29 is 4.39 Å². The second kappa shape index (κ2) is 4.35. The molecule has 94 valence electrons. The van der Waals surface area contributed by atoms with E-state index in [1.54, 1.807) is 6.07 Å². The number of hydrogen-bond donors (Lipinski definition) is 1. The number of hydrogen-bond acceptors (Lipinski definition) is 3. The van der Waals surface area contributed by atoms with Gasteiger partial charge in [0.1, 0.15) is 5.82 Å². The summed E-state index contributed by atoms with van der Waals surface area (Å²) < 4.78 is 14.1. The molecule has 2 aromatic rings. The van der Waals surface area contributed by atoms with Crippen molar-refractivity contribution in [2.24, 2.45) is 0 Å². The molecule has 0 saturated heterocycles. The monoisotopic (exact) mass is 262 g/mol. The molecule has 18 heavy (non-hydrogen) atoms. The van der Waals surface area contributed by atoms with Crippen LogP contribution >= 0.6 is 11.3 Å². The second-order valence-electron chi connectivity index (χ2n) is 4.83. The van der Waals surface area contributed by atoms with Gasteiger partial charge in [-0.05, 0) is 43.4 Å². The third kappa shape index (κ3) is 1.90. The number of fused-ring (bicyclic) bond motifs is 1. The molecule has 1 aliphatic carbocycles. The molecule has 4 heteroatoms. The molecule has 0 spiro atoms. The third-order valence-electron chi connectivity index (χ3n) is 3.50. The van der Waals surface area contributed by atoms with Crippen LogP contribution in [-0.2, 0) is 6.42 Å². The van der Waals surface area contributed by atoms with Crippen LogP contribution in [0.4, 0.5) is 9.52 Å². The lowest BCUT2D eigenvalue weighted by Crippen LogP contribution is -2.10. The molecule has 0 fully saturated rings. The highest BCUT2D eigenvalue weighted by Crippen LogP contribution is 2.41. The van der Waals surface area contributed by atoms with Crippen LogP contribution < -0.4 is 5.73 Å². The summed E-state index contributed by atoms with van der Waals surface area (Å²) in [5.74, 6) is 0.0176. The lowest BCUT2D eigenvalue weighted by molar-refractivity contribution is 0.560. The normalized spacial score (nSPS) is 18.7. The molecular weight excluding hydrogens is 247 g/mol. The molecule has 0 radical (unpaired) electrons. The summed E-state index contributed by atoms with van der Waals surface area (Å²) >= 11 is 1.51. The number of anilines is 1. The van der Waals surface area contributed by atoms with Crippen LogP contribution in [0.2, 0.25) is 0 Å². The Balaban J connectivity index is 2.07. The first-order chi connectivity index (χ1) is 8.65. The zero-order chi connectivity index (χ0) is 12.7. The average molecular weight is 262 g/mol. The standard InChI is InChI=1S/C14H15FN2S/c1-8-5-6-9(11(15)7-8)10-3-2-4-12-13(10)18-14(16)17-12/h5-7,10H,2-4H2,1H3,(H2,16,17). The molecule has 1 aromatic heterocycles. The Kier molecular flexibility index (Phi) is 2.82. The molecule has 2 N–H and O–H groups in total. The Morgan fingerprint density at radius 2 is 2.28 bits per heavy atom. The van der Waals surface area contributed by atoms with Gasteiger partial charge in [-0.25, -0.2) is 9.37 Å². The maximum absolute atomic E-state index is 14.1. The first-order valence-corrected chi connectivity index (χ1v) is 6.98. The quantitative estimate of drug-likeness (QED) is 0.852. The van der Waals surface area contributed by atoms with E-state index in [9.17, 15) is 4.39 Å². The number of nitrogens with two attached hydrogens (primary N) is 1. The van der Waals surface area contributed by atoms with Crippen LogP contribution in [0.1, 0.15) is 40.5 Å². The smallest absolute Gasteiger partial charge is 0.180 e. The number of benzene rings is 1. The van der Waals surface area contributed by atoms with Gasteiger partial charge in [-0.2, -0.15) is 0 Å². The third-order valence-corrected chi connectivity index (χ3v) is 4.54. The maximum Gasteiger partial charge on any atom is 0.180 e. The summed E-state index contributed by atoms with van der Waals surface area (Å²) in [5.41, 5.74) is 8.58. The Morgan fingerprint density at radius 3 is 3.06 bits per heavy atom. The number of aromatic nitrogens is 1. The number of aryl methyl sites for hydroxylation is 2. The SMILES string of the molecule is Cc1ccc(C2CCCc3nc(N)sc32)c(F)c1. The second-order valence-corrected chi connectivity index (χ2v) is 5.90. The number of nitrogens with zero attached hydrogens (tertiary/aromatic N) is 1. The number of rotatable bonds is 1. The first kappa shape index (κ1) is 11.7. The summed E-state index contributed by atoms with van der Waals surface area (Å²) in [5, 5.41) is 0.597. The minimum absolute atomic E-state index is 0.111. The van der Waals surface area contributed by atoms with Crippen molar-refractivity contribution in [3.05, 3.63) is 45.7 Å². The van der Waals surface area contributed by atoms with E-state index in [1.807, 2.05) is 19.1 Å². The van der Waals surface area contributed by atoms with E-state index in [-0.39, 0.29) is 11.7 Å². The predicted molar refractivity (Wildman–Crippen MR) is 72.4 cm³/mol. The van der Waals surface area contributed by atoms with E-state index in [0.29, 0.717) is 5.13 Å². The Labute approximate surface area is 110 Å². The number of nitrogen functional groups attached to an aromatic ring is 1. The van der Waals surface area contributed by atoms with Gasteiger partial charge in [-0.3, -0.25) is 0 Å². The van der Waals surface area contributed by atoms with Crippen LogP contribution in [0.5, 0.6) is 0 Å². The fourth-order valence-corrected chi connectivity index (χ4v) is 3.68. The van der Waals surface area contributed by atoms with Gasteiger partial charge in [-0.1, -0.05) is 12.1 Å². The molecular formula is C14H15FN2S. The van der Waals surface area contributed by atoms with Crippen LogP contribution in [0.3, 0.4) is 0 Å². The van der Waals surface area contributed by atoms with E-state index in [1.165, 1.54) is 11.3 Å². The number of thiazole rings is 1. The van der Waals surface area contributed by atoms with Crippen molar-refractivity contribution >= 4 is 16.5 Å². The minimum atomic E-state index is -0.111. The van der Waals surface area contributed by atoms with Crippen molar-refractivity contribution in [3.8, 4) is 0 Å². The van der Waals surface area contributed by atoms with E-state index < -0.39 is 0 Å². The average Bonchev–Trinajstić information content (AvgIpc) is 2.69. The van der Waals surface area contributed by atoms with Gasteiger partial charge in [0, 0.05) is 10.8 Å². The minimum Gasteiger partial charge on any atom is -0.375 e. The fourth-order valence-electron chi connectivity index (χ4n) is 2.65. The Morgan fingerprint density at radius 1 is 1.44 bits per heavy atom. The molecule has 3 rings (SSSR count). The molecule has 2 nitrogen and oxygen atoms in total. The lowest BCUT2D eigenvalue weighted by atomic mass is 9.85. The molecule has 0 amide bonds. The zero-order valence-electron chi connectivity index (χ0n) is 10.2. The summed E-state index contributed by atoms with van der Waals surface area (Å²) in [6, 6.07) is 5.48. The molecule has 0 bridgehead atoms. The highest BCUT2D eigenvalue weighted by atomic mass is 32.1. The van der Waals surface area contributed by atoms with Crippen molar-refractivity contribution in [2.45, 2.75) is 32.1 Å². The van der Waals surface area contributed by atoms with Gasteiger partial charge in [-0.15, -0.1) is 11.3 Å². The molecule has 1 aromatic carbocycles. The van der Waals surface area contributed by atoms with Gasteiger partial charge in [0.25, 0.3) is 0 Å². The molecule has 1 heterocycles. The van der Waals surface area contributed by atoms with Crippen LogP contribution in [0.15, 0.2) is 18.2 Å². The van der Waals surface area contributed by atoms with E-state index in [0.717, 1.165) is 41.0 Å². The molecule has 0 saturated carbocycles. The highest BCUT2D eigenvalue weighted by molar-refractivity contribution is 7.15. The van der Waals surface area contributed by atoms with Gasteiger partial charge >= 0.3 is 0 Å². The van der Waals surface area contributed by atoms with Crippen molar-refractivity contribution in [1.29, 1.82) is 0 Å². The van der Waals surface area contributed by atoms with Crippen molar-refractivity contribution in [2.75, 3.05) is 5.73 Å². The highest BCUT2D eigenvalue weighted by Gasteiger charge is 2.27. The van der Waals surface area contributed by atoms with Crippen molar-refractivity contribution in [3.63, 3.8) is 0 Å². The topological polar surface area (TPSA) is 38.9 Å². The van der Waals surface area contributed by atoms with E-state index >= 15 is 0 Å². The molecule has 1 unspecified atom stereocenters. The molecule has 1 aliphatic rings. The lowest BCUT2D eigenvalue weighted by Gasteiger charge is -2.22. The Bertz CT molecular complexity index is 591. The van der Waals surface area contributed by atoms with Crippen LogP contribution in [0, 0.1) is 12.7 Å². The largest absolute Gasteiger partial charge is 0.375 e. The van der Waals surface area contributed by atoms with Crippen LogP contribution in [-0.4, -0.2) is 4.98 Å². The van der Waals surface area contributed by atoms with Gasteiger partial charge < -0.3 is 5.73 Å². The van der Waals surface area contributed by atoms with Gasteiger partial charge in [0.15, 0.2) is 5.13 Å². The summed E-state index contributed by atoms with van der Waals surface area (Å²) in [6.07, 6.45) is 3.00. The number of halogens is 1. The summed E-state index contributed by atoms with van der Waals surface area (Å²) in [7, 11) is 0. The summed E-state index contributed by atoms with van der Waals surface area (Å²) in [4.78, 5) is 5.50.